The third-order valence-electron chi connectivity index (χ3n) is 2.63. The van der Waals surface area contributed by atoms with E-state index in [4.69, 9.17) is 0 Å². The second kappa shape index (κ2) is 5.48. The number of unbranched alkanes of at least 4 members (excludes halogenated alkanes) is 1. The standard InChI is InChI=1S/C12H17N5O/c1-3-4-7-13-12(18)15-11-14-8-10-6-5-9(2)17(10)16-11/h5-6,8H,3-4,7H2,1-2H3,(H2,13,15,16,18). The van der Waals surface area contributed by atoms with Crippen molar-refractivity contribution in [3.8, 4) is 0 Å². The molecule has 0 radical (unpaired) electrons. The number of urea groups is 1. The van der Waals surface area contributed by atoms with Gasteiger partial charge in [0.25, 0.3) is 0 Å². The normalized spacial score (nSPS) is 10.6. The number of carbonyl (C=O) groups is 1. The van der Waals surface area contributed by atoms with Gasteiger partial charge in [0.1, 0.15) is 0 Å². The topological polar surface area (TPSA) is 71.3 Å². The molecule has 2 amide bonds. The molecule has 6 heteroatoms. The van der Waals surface area contributed by atoms with Crippen molar-refractivity contribution in [3.05, 3.63) is 24.0 Å². The van der Waals surface area contributed by atoms with Gasteiger partial charge in [-0.15, -0.1) is 5.10 Å². The summed E-state index contributed by atoms with van der Waals surface area (Å²) in [5.74, 6) is 0.302. The van der Waals surface area contributed by atoms with Crippen LogP contribution in [-0.4, -0.2) is 27.2 Å². The number of amides is 2. The first-order valence-corrected chi connectivity index (χ1v) is 6.07. The minimum atomic E-state index is -0.271. The van der Waals surface area contributed by atoms with Gasteiger partial charge in [0.05, 0.1) is 11.7 Å². The molecule has 0 aliphatic carbocycles. The maximum atomic E-state index is 11.5. The van der Waals surface area contributed by atoms with Crippen LogP contribution in [0.25, 0.3) is 5.52 Å². The maximum absolute atomic E-state index is 11.5. The van der Waals surface area contributed by atoms with Gasteiger partial charge in [0.2, 0.25) is 5.95 Å². The van der Waals surface area contributed by atoms with Gasteiger partial charge in [-0.2, -0.15) is 0 Å². The summed E-state index contributed by atoms with van der Waals surface area (Å²) >= 11 is 0. The molecule has 6 nitrogen and oxygen atoms in total. The van der Waals surface area contributed by atoms with Crippen molar-refractivity contribution in [2.45, 2.75) is 26.7 Å². The molecular formula is C12H17N5O. The lowest BCUT2D eigenvalue weighted by molar-refractivity contribution is 0.251. The summed E-state index contributed by atoms with van der Waals surface area (Å²) in [5, 5.41) is 9.60. The third-order valence-corrected chi connectivity index (χ3v) is 2.63. The summed E-state index contributed by atoms with van der Waals surface area (Å²) in [6.45, 7) is 4.68. The molecule has 0 spiro atoms. The quantitative estimate of drug-likeness (QED) is 0.811. The fraction of sp³-hybridized carbons (Fsp3) is 0.417. The van der Waals surface area contributed by atoms with Gasteiger partial charge in [-0.3, -0.25) is 5.32 Å². The Morgan fingerprint density at radius 2 is 2.28 bits per heavy atom. The van der Waals surface area contributed by atoms with Crippen LogP contribution in [0.2, 0.25) is 0 Å². The highest BCUT2D eigenvalue weighted by Gasteiger charge is 2.05. The van der Waals surface area contributed by atoms with Crippen LogP contribution in [0.15, 0.2) is 18.3 Å². The minimum Gasteiger partial charge on any atom is -0.338 e. The zero-order valence-corrected chi connectivity index (χ0v) is 10.6. The highest BCUT2D eigenvalue weighted by molar-refractivity contribution is 5.87. The van der Waals surface area contributed by atoms with E-state index in [0.717, 1.165) is 24.1 Å². The highest BCUT2D eigenvalue weighted by Crippen LogP contribution is 2.07. The second-order valence-electron chi connectivity index (χ2n) is 4.13. The maximum Gasteiger partial charge on any atom is 0.321 e. The number of nitrogens with zero attached hydrogens (tertiary/aromatic N) is 3. The van der Waals surface area contributed by atoms with Crippen molar-refractivity contribution < 1.29 is 4.79 Å². The number of hydrogen-bond acceptors (Lipinski definition) is 3. The summed E-state index contributed by atoms with van der Waals surface area (Å²) in [7, 11) is 0. The molecule has 2 aromatic rings. The molecule has 0 atom stereocenters. The number of carbonyl (C=O) groups excluding carboxylic acids is 1. The molecule has 2 heterocycles. The summed E-state index contributed by atoms with van der Waals surface area (Å²) in [6, 6.07) is 3.61. The number of rotatable bonds is 4. The largest absolute Gasteiger partial charge is 0.338 e. The lowest BCUT2D eigenvalue weighted by Crippen LogP contribution is -2.30. The molecule has 96 valence electrons. The fourth-order valence-electron chi connectivity index (χ4n) is 1.61. The summed E-state index contributed by atoms with van der Waals surface area (Å²) < 4.78 is 1.74. The summed E-state index contributed by atoms with van der Waals surface area (Å²) in [5.41, 5.74) is 1.91. The van der Waals surface area contributed by atoms with Gasteiger partial charge in [-0.1, -0.05) is 13.3 Å². The van der Waals surface area contributed by atoms with Crippen LogP contribution >= 0.6 is 0 Å². The molecule has 0 saturated heterocycles. The zero-order chi connectivity index (χ0) is 13.0. The number of hydrogen-bond donors (Lipinski definition) is 2. The molecule has 18 heavy (non-hydrogen) atoms. The van der Waals surface area contributed by atoms with E-state index in [1.807, 2.05) is 19.1 Å². The minimum absolute atomic E-state index is 0.271. The molecule has 2 rings (SSSR count). The Kier molecular flexibility index (Phi) is 3.76. The Bertz CT molecular complexity index is 548. The highest BCUT2D eigenvalue weighted by atomic mass is 16.2. The first-order chi connectivity index (χ1) is 8.70. The molecule has 2 aromatic heterocycles. The first kappa shape index (κ1) is 12.3. The van der Waals surface area contributed by atoms with E-state index in [9.17, 15) is 4.79 Å². The molecule has 0 bridgehead atoms. The summed E-state index contributed by atoms with van der Waals surface area (Å²) in [4.78, 5) is 15.6. The SMILES string of the molecule is CCCCNC(=O)Nc1ncc2ccc(C)n2n1. The van der Waals surface area contributed by atoms with E-state index < -0.39 is 0 Å². The van der Waals surface area contributed by atoms with Crippen LogP contribution in [0.3, 0.4) is 0 Å². The molecule has 0 aromatic carbocycles. The Labute approximate surface area is 105 Å². The van der Waals surface area contributed by atoms with Crippen LogP contribution in [-0.2, 0) is 0 Å². The Hall–Kier alpha value is -2.11. The van der Waals surface area contributed by atoms with Crippen molar-refractivity contribution >= 4 is 17.5 Å². The molecular weight excluding hydrogens is 230 g/mol. The van der Waals surface area contributed by atoms with E-state index in [1.165, 1.54) is 0 Å². The van der Waals surface area contributed by atoms with Crippen molar-refractivity contribution in [3.63, 3.8) is 0 Å². The van der Waals surface area contributed by atoms with Gasteiger partial charge in [-0.05, 0) is 25.5 Å². The van der Waals surface area contributed by atoms with Crippen molar-refractivity contribution in [2.75, 3.05) is 11.9 Å². The van der Waals surface area contributed by atoms with Gasteiger partial charge < -0.3 is 5.32 Å². The van der Waals surface area contributed by atoms with E-state index >= 15 is 0 Å². The predicted molar refractivity (Wildman–Crippen MR) is 69.7 cm³/mol. The zero-order valence-electron chi connectivity index (χ0n) is 10.6. The van der Waals surface area contributed by atoms with Gasteiger partial charge in [0.15, 0.2) is 0 Å². The average molecular weight is 247 g/mol. The lowest BCUT2D eigenvalue weighted by Gasteiger charge is -2.06. The molecule has 0 saturated carbocycles. The van der Waals surface area contributed by atoms with E-state index in [-0.39, 0.29) is 6.03 Å². The molecule has 2 N–H and O–H groups in total. The monoisotopic (exact) mass is 247 g/mol. The number of fused-ring (bicyclic) bond motifs is 1. The average Bonchev–Trinajstić information content (AvgIpc) is 2.71. The van der Waals surface area contributed by atoms with Crippen LogP contribution in [0, 0.1) is 6.92 Å². The van der Waals surface area contributed by atoms with Gasteiger partial charge >= 0.3 is 6.03 Å². The van der Waals surface area contributed by atoms with Crippen molar-refractivity contribution in [1.29, 1.82) is 0 Å². The van der Waals surface area contributed by atoms with Gasteiger partial charge in [-0.25, -0.2) is 14.3 Å². The smallest absolute Gasteiger partial charge is 0.321 e. The Morgan fingerprint density at radius 3 is 3.06 bits per heavy atom. The molecule has 0 aliphatic heterocycles. The molecule has 0 fully saturated rings. The second-order valence-corrected chi connectivity index (χ2v) is 4.13. The van der Waals surface area contributed by atoms with Crippen molar-refractivity contribution in [2.24, 2.45) is 0 Å². The number of aryl methyl sites for hydroxylation is 1. The predicted octanol–water partition coefficient (Wildman–Crippen LogP) is 1.96. The molecule has 0 unspecified atom stereocenters. The number of anilines is 1. The number of nitrogens with one attached hydrogen (secondary N) is 2. The van der Waals surface area contributed by atoms with E-state index in [0.29, 0.717) is 12.5 Å². The Morgan fingerprint density at radius 1 is 1.44 bits per heavy atom. The van der Waals surface area contributed by atoms with Crippen LogP contribution in [0.1, 0.15) is 25.5 Å². The fourth-order valence-corrected chi connectivity index (χ4v) is 1.61. The third kappa shape index (κ3) is 2.77. The first-order valence-electron chi connectivity index (χ1n) is 6.07. The summed E-state index contributed by atoms with van der Waals surface area (Å²) in [6.07, 6.45) is 3.69. The van der Waals surface area contributed by atoms with Gasteiger partial charge in [0, 0.05) is 12.2 Å². The van der Waals surface area contributed by atoms with Crippen molar-refractivity contribution in [1.82, 2.24) is 19.9 Å². The Balaban J connectivity index is 2.02. The lowest BCUT2D eigenvalue weighted by atomic mass is 10.3. The van der Waals surface area contributed by atoms with E-state index in [2.05, 4.69) is 27.6 Å². The van der Waals surface area contributed by atoms with E-state index in [1.54, 1.807) is 10.7 Å². The van der Waals surface area contributed by atoms with Crippen LogP contribution < -0.4 is 10.6 Å². The molecule has 0 aliphatic rings. The van der Waals surface area contributed by atoms with Crippen LogP contribution in [0.5, 0.6) is 0 Å². The number of aromatic nitrogens is 3. The van der Waals surface area contributed by atoms with Crippen LogP contribution in [0.4, 0.5) is 10.7 Å².